The second-order valence-electron chi connectivity index (χ2n) is 7.33. The number of carbonyl (C=O) groups excluding carboxylic acids is 1. The molecule has 1 aliphatic rings. The maximum atomic E-state index is 11.9. The number of ether oxygens (including phenoxy) is 2. The highest BCUT2D eigenvalue weighted by molar-refractivity contribution is 5.91. The Kier molecular flexibility index (Phi) is 5.87. The highest BCUT2D eigenvalue weighted by atomic mass is 16.5. The van der Waals surface area contributed by atoms with Gasteiger partial charge >= 0.3 is 5.97 Å². The zero-order chi connectivity index (χ0) is 20.3. The van der Waals surface area contributed by atoms with E-state index in [-0.39, 0.29) is 17.6 Å². The maximum absolute atomic E-state index is 11.9. The van der Waals surface area contributed by atoms with Crippen LogP contribution in [0.15, 0.2) is 42.5 Å². The second-order valence-corrected chi connectivity index (χ2v) is 7.33. The van der Waals surface area contributed by atoms with E-state index in [0.717, 1.165) is 12.2 Å². The Hall–Kier alpha value is -3.02. The van der Waals surface area contributed by atoms with Crippen LogP contribution in [0, 0.1) is 5.92 Å². The first-order chi connectivity index (χ1) is 13.3. The first kappa shape index (κ1) is 19.7. The molecule has 6 nitrogen and oxygen atoms in total. The average molecular weight is 383 g/mol. The molecule has 0 atom stereocenters. The highest BCUT2D eigenvalue weighted by Crippen LogP contribution is 2.33. The van der Waals surface area contributed by atoms with E-state index in [2.05, 4.69) is 0 Å². The first-order valence-corrected chi connectivity index (χ1v) is 9.43. The van der Waals surface area contributed by atoms with Crippen molar-refractivity contribution in [2.24, 2.45) is 5.92 Å². The minimum atomic E-state index is -1.05. The Morgan fingerprint density at radius 2 is 1.71 bits per heavy atom. The summed E-state index contributed by atoms with van der Waals surface area (Å²) in [4.78, 5) is 25.1. The van der Waals surface area contributed by atoms with Crippen molar-refractivity contribution in [1.29, 1.82) is 0 Å². The lowest BCUT2D eigenvalue weighted by Crippen LogP contribution is -2.30. The predicted molar refractivity (Wildman–Crippen MR) is 106 cm³/mol. The van der Waals surface area contributed by atoms with E-state index in [9.17, 15) is 14.7 Å². The molecule has 1 amide bonds. The normalized spacial score (nSPS) is 13.3. The van der Waals surface area contributed by atoms with Crippen LogP contribution in [0.4, 0.5) is 5.69 Å². The number of rotatable bonds is 8. The number of amides is 1. The van der Waals surface area contributed by atoms with Crippen LogP contribution in [0.5, 0.6) is 17.2 Å². The lowest BCUT2D eigenvalue weighted by Gasteiger charge is -2.21. The lowest BCUT2D eigenvalue weighted by atomic mass is 10.2. The number of anilines is 1. The number of carbonyl (C=O) groups is 2. The van der Waals surface area contributed by atoms with Crippen molar-refractivity contribution in [3.8, 4) is 17.2 Å². The van der Waals surface area contributed by atoms with Crippen LogP contribution in [0.3, 0.4) is 0 Å². The van der Waals surface area contributed by atoms with Crippen molar-refractivity contribution >= 4 is 17.6 Å². The van der Waals surface area contributed by atoms with Gasteiger partial charge in [0.2, 0.25) is 5.91 Å². The van der Waals surface area contributed by atoms with Crippen molar-refractivity contribution in [1.82, 2.24) is 0 Å². The zero-order valence-corrected chi connectivity index (χ0v) is 16.3. The Labute approximate surface area is 164 Å². The smallest absolute Gasteiger partial charge is 0.335 e. The number of carboxylic acids is 1. The third-order valence-corrected chi connectivity index (χ3v) is 4.40. The van der Waals surface area contributed by atoms with Crippen LogP contribution in [-0.2, 0) is 4.79 Å². The fraction of sp³-hybridized carbons (Fsp3) is 0.364. The van der Waals surface area contributed by atoms with Crippen molar-refractivity contribution in [3.63, 3.8) is 0 Å². The number of aromatic carboxylic acids is 1. The van der Waals surface area contributed by atoms with Crippen LogP contribution >= 0.6 is 0 Å². The van der Waals surface area contributed by atoms with Gasteiger partial charge in [0.05, 0.1) is 11.7 Å². The fourth-order valence-corrected chi connectivity index (χ4v) is 2.90. The van der Waals surface area contributed by atoms with Crippen molar-refractivity contribution in [3.05, 3.63) is 48.0 Å². The summed E-state index contributed by atoms with van der Waals surface area (Å²) in [6, 6.07) is 11.8. The summed E-state index contributed by atoms with van der Waals surface area (Å²) in [6.07, 6.45) is 2.26. The molecule has 0 radical (unpaired) electrons. The molecule has 28 heavy (non-hydrogen) atoms. The van der Waals surface area contributed by atoms with Gasteiger partial charge in [-0.2, -0.15) is 0 Å². The van der Waals surface area contributed by atoms with Crippen molar-refractivity contribution in [2.75, 3.05) is 11.4 Å². The Balaban J connectivity index is 1.78. The molecule has 0 spiro atoms. The number of hydrogen-bond acceptors (Lipinski definition) is 4. The molecule has 148 valence electrons. The molecule has 2 aromatic rings. The molecule has 0 aromatic heterocycles. The number of hydrogen-bond donors (Lipinski definition) is 1. The van der Waals surface area contributed by atoms with Gasteiger partial charge < -0.3 is 19.5 Å². The van der Waals surface area contributed by atoms with Gasteiger partial charge in [-0.05, 0) is 69.0 Å². The third-order valence-electron chi connectivity index (χ3n) is 4.40. The summed E-state index contributed by atoms with van der Waals surface area (Å²) >= 11 is 0. The highest BCUT2D eigenvalue weighted by Gasteiger charge is 2.26. The van der Waals surface area contributed by atoms with E-state index >= 15 is 0 Å². The number of carboxylic acid groups (broad SMARTS) is 1. The SMILES string of the molecule is CC(=O)N(CC1CC1)c1ccc(Oc2cc(OC(C)C)cc(C(=O)O)c2)cc1. The quantitative estimate of drug-likeness (QED) is 0.713. The zero-order valence-electron chi connectivity index (χ0n) is 16.3. The maximum Gasteiger partial charge on any atom is 0.335 e. The topological polar surface area (TPSA) is 76.1 Å². The summed E-state index contributed by atoms with van der Waals surface area (Å²) in [5.74, 6) is 0.935. The lowest BCUT2D eigenvalue weighted by molar-refractivity contribution is -0.116. The summed E-state index contributed by atoms with van der Waals surface area (Å²) in [5.41, 5.74) is 0.923. The molecule has 1 N–H and O–H groups in total. The van der Waals surface area contributed by atoms with Gasteiger partial charge in [0.1, 0.15) is 17.2 Å². The van der Waals surface area contributed by atoms with Crippen LogP contribution in [0.1, 0.15) is 44.0 Å². The van der Waals surface area contributed by atoms with E-state index in [0.29, 0.717) is 23.2 Å². The Bertz CT molecular complexity index is 856. The summed E-state index contributed by atoms with van der Waals surface area (Å²) < 4.78 is 11.4. The molecule has 0 unspecified atom stereocenters. The molecular weight excluding hydrogens is 358 g/mol. The second kappa shape index (κ2) is 8.33. The molecule has 6 heteroatoms. The molecule has 0 aliphatic heterocycles. The van der Waals surface area contributed by atoms with Crippen LogP contribution in [0.2, 0.25) is 0 Å². The van der Waals surface area contributed by atoms with Gasteiger partial charge in [0, 0.05) is 25.2 Å². The van der Waals surface area contributed by atoms with Gasteiger partial charge in [-0.1, -0.05) is 0 Å². The van der Waals surface area contributed by atoms with E-state index < -0.39 is 5.97 Å². The molecular formula is C22H25NO5. The largest absolute Gasteiger partial charge is 0.491 e. The first-order valence-electron chi connectivity index (χ1n) is 9.43. The Morgan fingerprint density at radius 1 is 1.07 bits per heavy atom. The van der Waals surface area contributed by atoms with Crippen LogP contribution < -0.4 is 14.4 Å². The average Bonchev–Trinajstić information content (AvgIpc) is 3.43. The monoisotopic (exact) mass is 383 g/mol. The van der Waals surface area contributed by atoms with Crippen molar-refractivity contribution in [2.45, 2.75) is 39.7 Å². The summed E-state index contributed by atoms with van der Waals surface area (Å²) in [6.45, 7) is 6.05. The third kappa shape index (κ3) is 5.25. The van der Waals surface area contributed by atoms with Gasteiger partial charge in [0.25, 0.3) is 0 Å². The molecule has 0 bridgehead atoms. The van der Waals surface area contributed by atoms with Gasteiger partial charge in [-0.3, -0.25) is 4.79 Å². The van der Waals surface area contributed by atoms with Crippen LogP contribution in [-0.4, -0.2) is 29.6 Å². The van der Waals surface area contributed by atoms with Crippen molar-refractivity contribution < 1.29 is 24.2 Å². The number of nitrogens with zero attached hydrogens (tertiary/aromatic N) is 1. The minimum absolute atomic E-state index is 0.0187. The number of benzene rings is 2. The molecule has 3 rings (SSSR count). The summed E-state index contributed by atoms with van der Waals surface area (Å²) in [7, 11) is 0. The summed E-state index contributed by atoms with van der Waals surface area (Å²) in [5, 5.41) is 9.31. The molecule has 0 saturated heterocycles. The molecule has 1 fully saturated rings. The van der Waals surface area contributed by atoms with Crippen LogP contribution in [0.25, 0.3) is 0 Å². The molecule has 1 aliphatic carbocycles. The van der Waals surface area contributed by atoms with Gasteiger partial charge in [0.15, 0.2) is 0 Å². The molecule has 2 aromatic carbocycles. The standard InChI is InChI=1S/C22H25NO5/c1-14(2)27-20-10-17(22(25)26)11-21(12-20)28-19-8-6-18(7-9-19)23(15(3)24)13-16-4-5-16/h6-12,14,16H,4-5,13H2,1-3H3,(H,25,26). The Morgan fingerprint density at radius 3 is 2.25 bits per heavy atom. The minimum Gasteiger partial charge on any atom is -0.491 e. The van der Waals surface area contributed by atoms with E-state index in [1.165, 1.54) is 25.0 Å². The van der Waals surface area contributed by atoms with E-state index in [1.54, 1.807) is 30.0 Å². The van der Waals surface area contributed by atoms with Gasteiger partial charge in [-0.15, -0.1) is 0 Å². The molecule has 0 heterocycles. The van der Waals surface area contributed by atoms with Gasteiger partial charge in [-0.25, -0.2) is 4.79 Å². The van der Waals surface area contributed by atoms with E-state index in [4.69, 9.17) is 9.47 Å². The fourth-order valence-electron chi connectivity index (χ4n) is 2.90. The predicted octanol–water partition coefficient (Wildman–Crippen LogP) is 4.73. The molecule has 1 saturated carbocycles. The van der Waals surface area contributed by atoms with E-state index in [1.807, 2.05) is 26.0 Å².